The third-order valence-corrected chi connectivity index (χ3v) is 2.81. The molecule has 0 saturated heterocycles. The average molecular weight is 257 g/mol. The lowest BCUT2D eigenvalue weighted by molar-refractivity contribution is 0.616. The van der Waals surface area contributed by atoms with Crippen molar-refractivity contribution in [2.24, 2.45) is 5.92 Å². The van der Waals surface area contributed by atoms with Gasteiger partial charge in [-0.05, 0) is 35.2 Å². The zero-order valence-corrected chi connectivity index (χ0v) is 10.8. The van der Waals surface area contributed by atoms with Crippen LogP contribution >= 0.6 is 15.9 Å². The van der Waals surface area contributed by atoms with Gasteiger partial charge < -0.3 is 0 Å². The van der Waals surface area contributed by atoms with Gasteiger partial charge in [0.25, 0.3) is 0 Å². The van der Waals surface area contributed by atoms with Gasteiger partial charge in [-0.1, -0.05) is 20.8 Å². The number of nitrogens with zero attached hydrogens (tertiary/aromatic N) is 2. The van der Waals surface area contributed by atoms with E-state index < -0.39 is 0 Å². The summed E-state index contributed by atoms with van der Waals surface area (Å²) < 4.78 is 0.961. The van der Waals surface area contributed by atoms with E-state index in [-0.39, 0.29) is 0 Å². The minimum atomic E-state index is 0.605. The van der Waals surface area contributed by atoms with Crippen LogP contribution in [0.1, 0.15) is 37.9 Å². The third-order valence-electron chi connectivity index (χ3n) is 2.15. The molecular weight excluding hydrogens is 240 g/mol. The standard InChI is InChI=1S/C11H17BrN2/c1-5-9-8(4)13-10(6-7(2)3)14-11(9)12/h7H,5-6H2,1-4H3. The van der Waals surface area contributed by atoms with E-state index in [0.29, 0.717) is 5.92 Å². The average Bonchev–Trinajstić information content (AvgIpc) is 2.01. The van der Waals surface area contributed by atoms with Crippen molar-refractivity contribution < 1.29 is 0 Å². The molecule has 1 aromatic rings. The van der Waals surface area contributed by atoms with Gasteiger partial charge in [-0.2, -0.15) is 0 Å². The Hall–Kier alpha value is -0.440. The summed E-state index contributed by atoms with van der Waals surface area (Å²) in [7, 11) is 0. The lowest BCUT2D eigenvalue weighted by Gasteiger charge is -2.09. The van der Waals surface area contributed by atoms with E-state index in [1.807, 2.05) is 0 Å². The number of aryl methyl sites for hydroxylation is 1. The first-order valence-corrected chi connectivity index (χ1v) is 5.85. The number of hydrogen-bond acceptors (Lipinski definition) is 2. The number of rotatable bonds is 3. The van der Waals surface area contributed by atoms with Gasteiger partial charge in [0.15, 0.2) is 0 Å². The summed E-state index contributed by atoms with van der Waals surface area (Å²) in [5, 5.41) is 0. The molecule has 1 heterocycles. The topological polar surface area (TPSA) is 25.8 Å². The van der Waals surface area contributed by atoms with Crippen LogP contribution in [0.5, 0.6) is 0 Å². The number of aromatic nitrogens is 2. The Bertz CT molecular complexity index is 298. The van der Waals surface area contributed by atoms with E-state index in [1.165, 1.54) is 5.56 Å². The summed E-state index contributed by atoms with van der Waals surface area (Å²) in [6.45, 7) is 8.54. The van der Waals surface area contributed by atoms with E-state index >= 15 is 0 Å². The van der Waals surface area contributed by atoms with Crippen molar-refractivity contribution in [2.75, 3.05) is 0 Å². The van der Waals surface area contributed by atoms with Crippen LogP contribution in [0.3, 0.4) is 0 Å². The molecule has 0 aromatic carbocycles. The van der Waals surface area contributed by atoms with Gasteiger partial charge >= 0.3 is 0 Å². The van der Waals surface area contributed by atoms with E-state index in [1.54, 1.807) is 0 Å². The SMILES string of the molecule is CCc1c(C)nc(CC(C)C)nc1Br. The summed E-state index contributed by atoms with van der Waals surface area (Å²) >= 11 is 3.50. The molecule has 2 nitrogen and oxygen atoms in total. The van der Waals surface area contributed by atoms with Crippen molar-refractivity contribution in [2.45, 2.75) is 40.5 Å². The van der Waals surface area contributed by atoms with Crippen molar-refractivity contribution in [3.05, 3.63) is 21.7 Å². The molecule has 1 rings (SSSR count). The largest absolute Gasteiger partial charge is 0.238 e. The monoisotopic (exact) mass is 256 g/mol. The van der Waals surface area contributed by atoms with E-state index in [2.05, 4.69) is 53.6 Å². The zero-order valence-electron chi connectivity index (χ0n) is 9.26. The molecule has 0 aliphatic carbocycles. The molecule has 0 radical (unpaired) electrons. The second kappa shape index (κ2) is 4.87. The second-order valence-electron chi connectivity index (χ2n) is 3.95. The Morgan fingerprint density at radius 3 is 2.36 bits per heavy atom. The smallest absolute Gasteiger partial charge is 0.130 e. The maximum absolute atomic E-state index is 4.50. The van der Waals surface area contributed by atoms with Gasteiger partial charge in [-0.25, -0.2) is 9.97 Å². The van der Waals surface area contributed by atoms with Crippen LogP contribution in [0.2, 0.25) is 0 Å². The fraction of sp³-hybridized carbons (Fsp3) is 0.636. The van der Waals surface area contributed by atoms with Gasteiger partial charge in [0.05, 0.1) is 0 Å². The summed E-state index contributed by atoms with van der Waals surface area (Å²) in [6, 6.07) is 0. The first kappa shape index (κ1) is 11.6. The first-order chi connectivity index (χ1) is 6.54. The lowest BCUT2D eigenvalue weighted by atomic mass is 10.1. The predicted octanol–water partition coefficient (Wildman–Crippen LogP) is 3.31. The highest BCUT2D eigenvalue weighted by molar-refractivity contribution is 9.10. The fourth-order valence-corrected chi connectivity index (χ4v) is 2.25. The molecule has 0 N–H and O–H groups in total. The lowest BCUT2D eigenvalue weighted by Crippen LogP contribution is -2.05. The summed E-state index contributed by atoms with van der Waals surface area (Å²) in [4.78, 5) is 8.95. The van der Waals surface area contributed by atoms with Crippen LogP contribution in [0.4, 0.5) is 0 Å². The quantitative estimate of drug-likeness (QED) is 0.776. The zero-order chi connectivity index (χ0) is 10.7. The van der Waals surface area contributed by atoms with Gasteiger partial charge in [-0.15, -0.1) is 0 Å². The highest BCUT2D eigenvalue weighted by atomic mass is 79.9. The fourth-order valence-electron chi connectivity index (χ4n) is 1.47. The molecule has 1 aromatic heterocycles. The Balaban J connectivity index is 3.01. The Morgan fingerprint density at radius 2 is 1.93 bits per heavy atom. The number of hydrogen-bond donors (Lipinski definition) is 0. The molecule has 0 atom stereocenters. The minimum absolute atomic E-state index is 0.605. The molecule has 0 amide bonds. The predicted molar refractivity (Wildman–Crippen MR) is 62.4 cm³/mol. The van der Waals surface area contributed by atoms with Crippen molar-refractivity contribution in [1.29, 1.82) is 0 Å². The Labute approximate surface area is 94.3 Å². The maximum Gasteiger partial charge on any atom is 0.130 e. The summed E-state index contributed by atoms with van der Waals surface area (Å²) in [5.74, 6) is 1.55. The molecule has 0 aliphatic heterocycles. The van der Waals surface area contributed by atoms with Crippen molar-refractivity contribution in [1.82, 2.24) is 9.97 Å². The van der Waals surface area contributed by atoms with Crippen molar-refractivity contribution in [3.63, 3.8) is 0 Å². The second-order valence-corrected chi connectivity index (χ2v) is 4.70. The Kier molecular flexibility index (Phi) is 4.05. The van der Waals surface area contributed by atoms with Gasteiger partial charge in [-0.3, -0.25) is 0 Å². The molecular formula is C11H17BrN2. The van der Waals surface area contributed by atoms with Crippen LogP contribution in [-0.2, 0) is 12.8 Å². The normalized spacial score (nSPS) is 11.0. The molecule has 14 heavy (non-hydrogen) atoms. The van der Waals surface area contributed by atoms with Gasteiger partial charge in [0.1, 0.15) is 10.4 Å². The van der Waals surface area contributed by atoms with Crippen molar-refractivity contribution >= 4 is 15.9 Å². The van der Waals surface area contributed by atoms with Crippen LogP contribution in [0.25, 0.3) is 0 Å². The van der Waals surface area contributed by atoms with E-state index in [4.69, 9.17) is 0 Å². The van der Waals surface area contributed by atoms with Crippen molar-refractivity contribution in [3.8, 4) is 0 Å². The number of halogens is 1. The van der Waals surface area contributed by atoms with E-state index in [9.17, 15) is 0 Å². The van der Waals surface area contributed by atoms with Crippen LogP contribution in [0.15, 0.2) is 4.60 Å². The van der Waals surface area contributed by atoms with Crippen LogP contribution < -0.4 is 0 Å². The molecule has 0 bridgehead atoms. The minimum Gasteiger partial charge on any atom is -0.238 e. The highest BCUT2D eigenvalue weighted by Gasteiger charge is 2.08. The molecule has 0 aliphatic rings. The third kappa shape index (κ3) is 2.77. The van der Waals surface area contributed by atoms with Crippen LogP contribution in [0, 0.1) is 12.8 Å². The van der Waals surface area contributed by atoms with Gasteiger partial charge in [0, 0.05) is 17.7 Å². The molecule has 0 saturated carbocycles. The maximum atomic E-state index is 4.50. The highest BCUT2D eigenvalue weighted by Crippen LogP contribution is 2.18. The molecule has 0 unspecified atom stereocenters. The van der Waals surface area contributed by atoms with Crippen LogP contribution in [-0.4, -0.2) is 9.97 Å². The molecule has 0 spiro atoms. The Morgan fingerprint density at radius 1 is 1.29 bits per heavy atom. The summed E-state index contributed by atoms with van der Waals surface area (Å²) in [5.41, 5.74) is 2.32. The summed E-state index contributed by atoms with van der Waals surface area (Å²) in [6.07, 6.45) is 1.93. The molecule has 78 valence electrons. The van der Waals surface area contributed by atoms with Gasteiger partial charge in [0.2, 0.25) is 0 Å². The molecule has 3 heteroatoms. The first-order valence-electron chi connectivity index (χ1n) is 5.06. The van der Waals surface area contributed by atoms with E-state index in [0.717, 1.165) is 29.0 Å². The molecule has 0 fully saturated rings.